The van der Waals surface area contributed by atoms with E-state index in [4.69, 9.17) is 0 Å². The van der Waals surface area contributed by atoms with Gasteiger partial charge in [0.1, 0.15) is 0 Å². The van der Waals surface area contributed by atoms with Crippen molar-refractivity contribution >= 4 is 23.2 Å². The summed E-state index contributed by atoms with van der Waals surface area (Å²) < 4.78 is 0. The largest absolute Gasteiger partial charge is 0.326 e. The summed E-state index contributed by atoms with van der Waals surface area (Å²) in [5, 5.41) is 3.07. The Kier molecular flexibility index (Phi) is 5.16. The molecule has 3 rings (SSSR count). The summed E-state index contributed by atoms with van der Waals surface area (Å²) >= 11 is 0. The van der Waals surface area contributed by atoms with E-state index in [9.17, 15) is 9.59 Å². The number of anilines is 2. The molecule has 2 fully saturated rings. The van der Waals surface area contributed by atoms with Crippen LogP contribution < -0.4 is 10.2 Å². The van der Waals surface area contributed by atoms with Crippen molar-refractivity contribution in [3.05, 3.63) is 24.3 Å². The molecule has 1 N–H and O–H groups in total. The molecule has 0 bridgehead atoms. The zero-order valence-electron chi connectivity index (χ0n) is 15.7. The molecule has 0 radical (unpaired) electrons. The zero-order chi connectivity index (χ0) is 18.0. The summed E-state index contributed by atoms with van der Waals surface area (Å²) in [6.45, 7) is 7.66. The van der Waals surface area contributed by atoms with Gasteiger partial charge in [-0.15, -0.1) is 0 Å². The summed E-state index contributed by atoms with van der Waals surface area (Å²) in [5.41, 5.74) is 2.01. The lowest BCUT2D eigenvalue weighted by molar-refractivity contribution is -0.121. The second-order valence-electron chi connectivity index (χ2n) is 8.60. The maximum Gasteiger partial charge on any atom is 0.227 e. The molecule has 0 spiro atoms. The van der Waals surface area contributed by atoms with Crippen LogP contribution in [0.15, 0.2) is 24.3 Å². The van der Waals surface area contributed by atoms with E-state index in [0.717, 1.165) is 50.0 Å². The second-order valence-corrected chi connectivity index (χ2v) is 8.60. The van der Waals surface area contributed by atoms with Gasteiger partial charge in [-0.3, -0.25) is 9.59 Å². The van der Waals surface area contributed by atoms with E-state index in [2.05, 4.69) is 26.1 Å². The third kappa shape index (κ3) is 4.23. The summed E-state index contributed by atoms with van der Waals surface area (Å²) in [4.78, 5) is 26.3. The fourth-order valence-electron chi connectivity index (χ4n) is 4.14. The molecule has 1 aliphatic heterocycles. The lowest BCUT2D eigenvalue weighted by atomic mass is 9.69. The first-order chi connectivity index (χ1) is 11.8. The number of hydrogen-bond acceptors (Lipinski definition) is 2. The van der Waals surface area contributed by atoms with Gasteiger partial charge in [-0.1, -0.05) is 26.8 Å². The summed E-state index contributed by atoms with van der Waals surface area (Å²) in [6, 6.07) is 7.67. The Morgan fingerprint density at radius 1 is 1.16 bits per heavy atom. The number of benzene rings is 1. The molecule has 1 saturated carbocycles. The molecule has 1 aromatic rings. The van der Waals surface area contributed by atoms with Crippen LogP contribution in [0, 0.1) is 17.3 Å². The van der Waals surface area contributed by atoms with Gasteiger partial charge in [-0.2, -0.15) is 0 Å². The van der Waals surface area contributed by atoms with Crippen molar-refractivity contribution < 1.29 is 9.59 Å². The van der Waals surface area contributed by atoms with Crippen LogP contribution in [0.2, 0.25) is 0 Å². The maximum atomic E-state index is 12.6. The van der Waals surface area contributed by atoms with E-state index in [1.54, 1.807) is 0 Å². The third-order valence-electron chi connectivity index (χ3n) is 5.82. The van der Waals surface area contributed by atoms with Crippen LogP contribution in [0.5, 0.6) is 0 Å². The molecule has 1 saturated heterocycles. The SMILES string of the molecule is CC(C)(C)C1CCC(C(=O)Nc2cccc(N3CCCC3=O)c2)CC1. The molecule has 0 aromatic heterocycles. The Labute approximate surface area is 151 Å². The molecule has 25 heavy (non-hydrogen) atoms. The Balaban J connectivity index is 1.59. The highest BCUT2D eigenvalue weighted by Gasteiger charge is 2.32. The van der Waals surface area contributed by atoms with E-state index >= 15 is 0 Å². The highest BCUT2D eigenvalue weighted by Crippen LogP contribution is 2.40. The molecule has 0 atom stereocenters. The minimum atomic E-state index is 0.107. The van der Waals surface area contributed by atoms with Gasteiger partial charge in [0, 0.05) is 30.3 Å². The first kappa shape index (κ1) is 18.0. The number of hydrogen-bond donors (Lipinski definition) is 1. The van der Waals surface area contributed by atoms with Gasteiger partial charge in [0.05, 0.1) is 0 Å². The Bertz CT molecular complexity index is 640. The third-order valence-corrected chi connectivity index (χ3v) is 5.82. The molecule has 0 unspecified atom stereocenters. The standard InChI is InChI=1S/C21H30N2O2/c1-21(2,3)16-11-9-15(10-12-16)20(25)22-17-6-4-7-18(14-17)23-13-5-8-19(23)24/h4,6-7,14-16H,5,8-13H2,1-3H3,(H,22,25). The van der Waals surface area contributed by atoms with Crippen molar-refractivity contribution in [2.75, 3.05) is 16.8 Å². The van der Waals surface area contributed by atoms with E-state index in [-0.39, 0.29) is 17.7 Å². The molecular formula is C21H30N2O2. The smallest absolute Gasteiger partial charge is 0.227 e. The van der Waals surface area contributed by atoms with Crippen LogP contribution in [0.25, 0.3) is 0 Å². The van der Waals surface area contributed by atoms with Gasteiger partial charge >= 0.3 is 0 Å². The normalized spacial score (nSPS) is 24.4. The van der Waals surface area contributed by atoms with E-state index in [0.29, 0.717) is 17.8 Å². The highest BCUT2D eigenvalue weighted by atomic mass is 16.2. The first-order valence-electron chi connectivity index (χ1n) is 9.56. The predicted molar refractivity (Wildman–Crippen MR) is 102 cm³/mol. The molecule has 2 amide bonds. The number of carbonyl (C=O) groups excluding carboxylic acids is 2. The van der Waals surface area contributed by atoms with Crippen LogP contribution in [0.3, 0.4) is 0 Å². The lowest BCUT2D eigenvalue weighted by Gasteiger charge is -2.36. The molecule has 4 nitrogen and oxygen atoms in total. The van der Waals surface area contributed by atoms with E-state index in [1.165, 1.54) is 0 Å². The average molecular weight is 342 g/mol. The number of carbonyl (C=O) groups is 2. The highest BCUT2D eigenvalue weighted by molar-refractivity contribution is 5.97. The van der Waals surface area contributed by atoms with Crippen molar-refractivity contribution in [3.63, 3.8) is 0 Å². The Hall–Kier alpha value is -1.84. The van der Waals surface area contributed by atoms with E-state index in [1.807, 2.05) is 29.2 Å². The number of nitrogens with zero attached hydrogens (tertiary/aromatic N) is 1. The topological polar surface area (TPSA) is 49.4 Å². The van der Waals surface area contributed by atoms with Crippen LogP contribution >= 0.6 is 0 Å². The molecule has 1 aromatic carbocycles. The summed E-state index contributed by atoms with van der Waals surface area (Å²) in [5.74, 6) is 1.11. The predicted octanol–water partition coefficient (Wildman–Crippen LogP) is 4.60. The molecule has 1 aliphatic carbocycles. The van der Waals surface area contributed by atoms with E-state index < -0.39 is 0 Å². The monoisotopic (exact) mass is 342 g/mol. The van der Waals surface area contributed by atoms with Gasteiger partial charge in [-0.25, -0.2) is 0 Å². The summed E-state index contributed by atoms with van der Waals surface area (Å²) in [7, 11) is 0. The van der Waals surface area contributed by atoms with Crippen molar-refractivity contribution in [3.8, 4) is 0 Å². The van der Waals surface area contributed by atoms with Gasteiger partial charge in [-0.05, 0) is 61.6 Å². The fourth-order valence-corrected chi connectivity index (χ4v) is 4.14. The summed E-state index contributed by atoms with van der Waals surface area (Å²) in [6.07, 6.45) is 5.73. The van der Waals surface area contributed by atoms with Crippen LogP contribution in [-0.2, 0) is 9.59 Å². The number of nitrogens with one attached hydrogen (secondary N) is 1. The first-order valence-corrected chi connectivity index (χ1v) is 9.56. The van der Waals surface area contributed by atoms with Crippen molar-refractivity contribution in [2.45, 2.75) is 59.3 Å². The van der Waals surface area contributed by atoms with Crippen LogP contribution in [-0.4, -0.2) is 18.4 Å². The van der Waals surface area contributed by atoms with Gasteiger partial charge in [0.25, 0.3) is 0 Å². The molecule has 1 heterocycles. The van der Waals surface area contributed by atoms with Crippen molar-refractivity contribution in [2.24, 2.45) is 17.3 Å². The number of rotatable bonds is 3. The van der Waals surface area contributed by atoms with Crippen molar-refractivity contribution in [1.82, 2.24) is 0 Å². The molecule has 2 aliphatic rings. The molecular weight excluding hydrogens is 312 g/mol. The minimum absolute atomic E-state index is 0.107. The fraction of sp³-hybridized carbons (Fsp3) is 0.619. The van der Waals surface area contributed by atoms with Crippen LogP contribution in [0.4, 0.5) is 11.4 Å². The minimum Gasteiger partial charge on any atom is -0.326 e. The second kappa shape index (κ2) is 7.19. The van der Waals surface area contributed by atoms with Crippen molar-refractivity contribution in [1.29, 1.82) is 0 Å². The zero-order valence-corrected chi connectivity index (χ0v) is 15.7. The quantitative estimate of drug-likeness (QED) is 0.872. The average Bonchev–Trinajstić information content (AvgIpc) is 3.00. The number of amides is 2. The van der Waals surface area contributed by atoms with Gasteiger partial charge in [0.2, 0.25) is 11.8 Å². The van der Waals surface area contributed by atoms with Crippen LogP contribution in [0.1, 0.15) is 59.3 Å². The molecule has 4 heteroatoms. The molecule has 136 valence electrons. The van der Waals surface area contributed by atoms with Gasteiger partial charge in [0.15, 0.2) is 0 Å². The lowest BCUT2D eigenvalue weighted by Crippen LogP contribution is -2.31. The van der Waals surface area contributed by atoms with Gasteiger partial charge < -0.3 is 10.2 Å². The Morgan fingerprint density at radius 3 is 2.48 bits per heavy atom. The Morgan fingerprint density at radius 2 is 1.88 bits per heavy atom. The maximum absolute atomic E-state index is 12.6.